The molecular weight excluding hydrogens is 342 g/mol. The molecular formula is C17H11N3O4S. The van der Waals surface area contributed by atoms with Crippen molar-refractivity contribution < 1.29 is 13.9 Å². The normalized spacial score (nSPS) is 12.0. The summed E-state index contributed by atoms with van der Waals surface area (Å²) < 4.78 is 12.1. The smallest absolute Gasteiger partial charge is 0.308 e. The van der Waals surface area contributed by atoms with E-state index in [0.29, 0.717) is 32.4 Å². The number of carbonyl (C=O) groups is 1. The molecule has 0 atom stereocenters. The molecule has 0 saturated carbocycles. The third-order valence-corrected chi connectivity index (χ3v) is 4.34. The third kappa shape index (κ3) is 2.83. The number of thiazole rings is 1. The van der Waals surface area contributed by atoms with Crippen molar-refractivity contribution in [2.24, 2.45) is 0 Å². The molecule has 0 aliphatic rings. The maximum absolute atomic E-state index is 12.5. The molecule has 0 fully saturated rings. The van der Waals surface area contributed by atoms with E-state index < -0.39 is 5.97 Å². The Hall–Kier alpha value is -3.26. The average Bonchev–Trinajstić information content (AvgIpc) is 3.28. The zero-order valence-electron chi connectivity index (χ0n) is 13.0. The van der Waals surface area contributed by atoms with Gasteiger partial charge in [0.2, 0.25) is 4.96 Å². The molecule has 0 spiro atoms. The van der Waals surface area contributed by atoms with Crippen molar-refractivity contribution in [1.29, 1.82) is 0 Å². The lowest BCUT2D eigenvalue weighted by Gasteiger charge is -2.04. The Kier molecular flexibility index (Phi) is 3.66. The highest BCUT2D eigenvalue weighted by Crippen LogP contribution is 2.27. The zero-order chi connectivity index (χ0) is 17.4. The Bertz CT molecular complexity index is 1170. The Balaban J connectivity index is 1.82. The van der Waals surface area contributed by atoms with Crippen molar-refractivity contribution in [3.8, 4) is 17.1 Å². The van der Waals surface area contributed by atoms with Gasteiger partial charge in [-0.25, -0.2) is 0 Å². The van der Waals surface area contributed by atoms with Crippen molar-refractivity contribution in [2.45, 2.75) is 6.92 Å². The van der Waals surface area contributed by atoms with Gasteiger partial charge in [-0.1, -0.05) is 23.5 Å². The molecule has 0 amide bonds. The van der Waals surface area contributed by atoms with Gasteiger partial charge in [-0.2, -0.15) is 9.50 Å². The lowest BCUT2D eigenvalue weighted by atomic mass is 10.2. The minimum atomic E-state index is -0.437. The Morgan fingerprint density at radius 1 is 1.28 bits per heavy atom. The summed E-state index contributed by atoms with van der Waals surface area (Å²) in [5, 5.41) is 4.26. The molecule has 3 heterocycles. The van der Waals surface area contributed by atoms with Gasteiger partial charge in [-0.05, 0) is 24.3 Å². The van der Waals surface area contributed by atoms with E-state index in [9.17, 15) is 9.59 Å². The minimum Gasteiger partial charge on any atom is -0.465 e. The van der Waals surface area contributed by atoms with Crippen LogP contribution in [0.4, 0.5) is 0 Å². The molecule has 124 valence electrons. The van der Waals surface area contributed by atoms with Crippen LogP contribution in [-0.4, -0.2) is 20.6 Å². The van der Waals surface area contributed by atoms with E-state index in [1.54, 1.807) is 42.5 Å². The first-order chi connectivity index (χ1) is 12.1. The SMILES string of the molecule is CC(=O)Oc1ccccc1-c1nc2sc(=Cc3ccco3)c(=O)n2n1. The number of benzene rings is 1. The number of hydrogen-bond donors (Lipinski definition) is 0. The lowest BCUT2D eigenvalue weighted by molar-refractivity contribution is -0.131. The summed E-state index contributed by atoms with van der Waals surface area (Å²) in [6.07, 6.45) is 3.19. The number of rotatable bonds is 3. The topological polar surface area (TPSA) is 86.7 Å². The minimum absolute atomic E-state index is 0.278. The average molecular weight is 353 g/mol. The summed E-state index contributed by atoms with van der Waals surface area (Å²) in [5.74, 6) is 0.822. The van der Waals surface area contributed by atoms with Crippen LogP contribution >= 0.6 is 11.3 Å². The van der Waals surface area contributed by atoms with Gasteiger partial charge < -0.3 is 9.15 Å². The number of esters is 1. The first-order valence-electron chi connectivity index (χ1n) is 7.34. The van der Waals surface area contributed by atoms with E-state index >= 15 is 0 Å². The van der Waals surface area contributed by atoms with Crippen molar-refractivity contribution in [2.75, 3.05) is 0 Å². The first kappa shape index (κ1) is 15.3. The highest BCUT2D eigenvalue weighted by molar-refractivity contribution is 7.15. The molecule has 0 saturated heterocycles. The molecule has 0 unspecified atom stereocenters. The number of furan rings is 1. The monoisotopic (exact) mass is 353 g/mol. The number of nitrogens with zero attached hydrogens (tertiary/aromatic N) is 3. The second-order valence-corrected chi connectivity index (χ2v) is 6.16. The van der Waals surface area contributed by atoms with Crippen LogP contribution in [0.2, 0.25) is 0 Å². The lowest BCUT2D eigenvalue weighted by Crippen LogP contribution is -2.23. The van der Waals surface area contributed by atoms with Gasteiger partial charge in [0.25, 0.3) is 5.56 Å². The molecule has 0 radical (unpaired) electrons. The van der Waals surface area contributed by atoms with Crippen LogP contribution in [0.3, 0.4) is 0 Å². The second-order valence-electron chi connectivity index (χ2n) is 5.15. The Morgan fingerprint density at radius 2 is 2.12 bits per heavy atom. The number of para-hydroxylation sites is 1. The molecule has 3 aromatic heterocycles. The molecule has 0 N–H and O–H groups in total. The number of aromatic nitrogens is 3. The molecule has 25 heavy (non-hydrogen) atoms. The number of fused-ring (bicyclic) bond motifs is 1. The van der Waals surface area contributed by atoms with Crippen molar-refractivity contribution in [1.82, 2.24) is 14.6 Å². The summed E-state index contributed by atoms with van der Waals surface area (Å²) in [5.41, 5.74) is 0.268. The molecule has 1 aromatic carbocycles. The maximum atomic E-state index is 12.5. The predicted octanol–water partition coefficient (Wildman–Crippen LogP) is 1.88. The quantitative estimate of drug-likeness (QED) is 0.413. The van der Waals surface area contributed by atoms with Crippen molar-refractivity contribution in [3.05, 3.63) is 63.3 Å². The molecule has 0 aliphatic heterocycles. The van der Waals surface area contributed by atoms with E-state index in [1.165, 1.54) is 29.0 Å². The van der Waals surface area contributed by atoms with Crippen LogP contribution in [0.5, 0.6) is 5.75 Å². The van der Waals surface area contributed by atoms with Crippen LogP contribution in [-0.2, 0) is 4.79 Å². The highest BCUT2D eigenvalue weighted by atomic mass is 32.1. The highest BCUT2D eigenvalue weighted by Gasteiger charge is 2.16. The number of carbonyl (C=O) groups excluding carboxylic acids is 1. The summed E-state index contributed by atoms with van der Waals surface area (Å²) >= 11 is 1.21. The second kappa shape index (κ2) is 5.99. The first-order valence-corrected chi connectivity index (χ1v) is 8.16. The molecule has 0 aliphatic carbocycles. The van der Waals surface area contributed by atoms with Crippen LogP contribution in [0.25, 0.3) is 22.4 Å². The van der Waals surface area contributed by atoms with Crippen molar-refractivity contribution in [3.63, 3.8) is 0 Å². The fraction of sp³-hybridized carbons (Fsp3) is 0.0588. The Labute approximate surface area is 144 Å². The summed E-state index contributed by atoms with van der Waals surface area (Å²) in [7, 11) is 0. The van der Waals surface area contributed by atoms with E-state index in [-0.39, 0.29) is 5.56 Å². The fourth-order valence-electron chi connectivity index (χ4n) is 2.35. The van der Waals surface area contributed by atoms with E-state index in [0.717, 1.165) is 0 Å². The standard InChI is InChI=1S/C17H11N3O4S/c1-10(21)24-13-7-3-2-6-12(13)15-18-17-20(19-15)16(22)14(25-17)9-11-5-4-8-23-11/h2-9H,1H3. The number of ether oxygens (including phenoxy) is 1. The van der Waals surface area contributed by atoms with Gasteiger partial charge in [-0.3, -0.25) is 9.59 Å². The van der Waals surface area contributed by atoms with Gasteiger partial charge in [-0.15, -0.1) is 5.10 Å². The summed E-state index contributed by atoms with van der Waals surface area (Å²) in [4.78, 5) is 28.6. The molecule has 7 nitrogen and oxygen atoms in total. The fourth-order valence-corrected chi connectivity index (χ4v) is 3.23. The number of hydrogen-bond acceptors (Lipinski definition) is 7. The van der Waals surface area contributed by atoms with Crippen LogP contribution in [0.15, 0.2) is 51.9 Å². The van der Waals surface area contributed by atoms with Gasteiger partial charge in [0.05, 0.1) is 11.8 Å². The predicted molar refractivity (Wildman–Crippen MR) is 91.4 cm³/mol. The summed E-state index contributed by atoms with van der Waals surface area (Å²) in [6, 6.07) is 10.4. The largest absolute Gasteiger partial charge is 0.465 e. The van der Waals surface area contributed by atoms with Gasteiger partial charge >= 0.3 is 5.97 Å². The van der Waals surface area contributed by atoms with Gasteiger partial charge in [0.1, 0.15) is 16.0 Å². The van der Waals surface area contributed by atoms with Crippen LogP contribution < -0.4 is 14.8 Å². The van der Waals surface area contributed by atoms with Crippen LogP contribution in [0, 0.1) is 0 Å². The maximum Gasteiger partial charge on any atom is 0.308 e. The van der Waals surface area contributed by atoms with Gasteiger partial charge in [0.15, 0.2) is 5.82 Å². The third-order valence-electron chi connectivity index (χ3n) is 3.38. The van der Waals surface area contributed by atoms with Crippen molar-refractivity contribution >= 4 is 28.3 Å². The summed E-state index contributed by atoms with van der Waals surface area (Å²) in [6.45, 7) is 1.32. The van der Waals surface area contributed by atoms with Gasteiger partial charge in [0, 0.05) is 13.0 Å². The van der Waals surface area contributed by atoms with E-state index in [4.69, 9.17) is 9.15 Å². The molecule has 0 bridgehead atoms. The van der Waals surface area contributed by atoms with Crippen LogP contribution in [0.1, 0.15) is 12.7 Å². The molecule has 4 rings (SSSR count). The Morgan fingerprint density at radius 3 is 2.84 bits per heavy atom. The van der Waals surface area contributed by atoms with E-state index in [2.05, 4.69) is 10.1 Å². The zero-order valence-corrected chi connectivity index (χ0v) is 13.8. The molecule has 4 aromatic rings. The van der Waals surface area contributed by atoms with E-state index in [1.807, 2.05) is 0 Å². The molecule has 8 heteroatoms.